The van der Waals surface area contributed by atoms with Gasteiger partial charge in [0.2, 0.25) is 5.90 Å². The molecule has 1 saturated heterocycles. The molecule has 7 nitrogen and oxygen atoms in total. The number of hydrogen-bond acceptors (Lipinski definition) is 6. The standard InChI is InChI=1S/C26H30N2O5.Ag/c1-6-25(2,3)17-7-11-19(12-8-17)32-16-22(27)33-20-13-9-18(10-14-20)28-24(31)21(15-29)23(30)26(28,4)5;/h7-15,27,29H,6,16H2,1-5H3;/b21-15+,27-22?;. The summed E-state index contributed by atoms with van der Waals surface area (Å²) in [6.07, 6.45) is 1.59. The quantitative estimate of drug-likeness (QED) is 0.125. The van der Waals surface area contributed by atoms with Crippen molar-refractivity contribution in [3.63, 3.8) is 0 Å². The molecule has 2 aromatic carbocycles. The van der Waals surface area contributed by atoms with Gasteiger partial charge >= 0.3 is 0 Å². The molecule has 8 heteroatoms. The molecule has 1 aliphatic heterocycles. The molecule has 34 heavy (non-hydrogen) atoms. The van der Waals surface area contributed by atoms with E-state index in [1.54, 1.807) is 38.1 Å². The minimum Gasteiger partial charge on any atom is -0.515 e. The predicted octanol–water partition coefficient (Wildman–Crippen LogP) is 4.94. The van der Waals surface area contributed by atoms with E-state index in [2.05, 4.69) is 20.8 Å². The number of aliphatic hydroxyl groups is 1. The number of ketones is 1. The van der Waals surface area contributed by atoms with Gasteiger partial charge in [0.1, 0.15) is 22.6 Å². The van der Waals surface area contributed by atoms with E-state index >= 15 is 0 Å². The van der Waals surface area contributed by atoms with Crippen molar-refractivity contribution in [2.24, 2.45) is 0 Å². The average molecular weight is 558 g/mol. The van der Waals surface area contributed by atoms with Gasteiger partial charge in [0, 0.05) is 28.1 Å². The molecule has 1 heterocycles. The summed E-state index contributed by atoms with van der Waals surface area (Å²) in [5, 5.41) is 17.3. The first-order valence-corrected chi connectivity index (χ1v) is 10.8. The van der Waals surface area contributed by atoms with Crippen LogP contribution >= 0.6 is 0 Å². The number of amides is 1. The molecule has 0 spiro atoms. The number of nitrogens with one attached hydrogen (secondary N) is 1. The number of ether oxygens (including phenoxy) is 2. The van der Waals surface area contributed by atoms with Gasteiger partial charge in [-0.3, -0.25) is 19.9 Å². The van der Waals surface area contributed by atoms with Crippen molar-refractivity contribution in [1.29, 1.82) is 5.41 Å². The smallest absolute Gasteiger partial charge is 0.266 e. The van der Waals surface area contributed by atoms with Gasteiger partial charge in [0.05, 0.1) is 6.26 Å². The van der Waals surface area contributed by atoms with Crippen LogP contribution in [0.3, 0.4) is 0 Å². The number of benzene rings is 2. The number of hydrogen-bond donors (Lipinski definition) is 2. The molecule has 0 unspecified atom stereocenters. The Morgan fingerprint density at radius 1 is 1.06 bits per heavy atom. The molecule has 1 fully saturated rings. The number of nitrogens with zero attached hydrogens (tertiary/aromatic N) is 1. The van der Waals surface area contributed by atoms with Crippen LogP contribution in [0.2, 0.25) is 0 Å². The third-order valence-electron chi connectivity index (χ3n) is 6.15. The first-order valence-electron chi connectivity index (χ1n) is 10.8. The van der Waals surface area contributed by atoms with Crippen LogP contribution in [0.25, 0.3) is 0 Å². The first-order chi connectivity index (χ1) is 15.5. The molecule has 0 saturated carbocycles. The van der Waals surface area contributed by atoms with Crippen molar-refractivity contribution in [3.05, 3.63) is 65.9 Å². The maximum absolute atomic E-state index is 12.5. The maximum atomic E-state index is 12.5. The van der Waals surface area contributed by atoms with Gasteiger partial charge in [0.15, 0.2) is 12.4 Å². The first kappa shape index (κ1) is 27.4. The van der Waals surface area contributed by atoms with Crippen LogP contribution in [0.5, 0.6) is 11.5 Å². The SMILES string of the molecule is CCC(C)(C)c1ccc(OCC(=N)Oc2ccc(N3C(=O)/C(=C/O)C(=O)C3(C)C)cc2)cc1.[Ag]. The molecule has 0 aromatic heterocycles. The predicted molar refractivity (Wildman–Crippen MR) is 127 cm³/mol. The minimum absolute atomic E-state index is 0. The zero-order valence-corrected chi connectivity index (χ0v) is 21.4. The van der Waals surface area contributed by atoms with Crippen molar-refractivity contribution >= 4 is 23.3 Å². The zero-order chi connectivity index (χ0) is 24.4. The number of anilines is 1. The van der Waals surface area contributed by atoms with Crippen molar-refractivity contribution < 1.29 is 46.5 Å². The Labute approximate surface area is 215 Å². The van der Waals surface area contributed by atoms with Crippen LogP contribution in [0, 0.1) is 5.41 Å². The van der Waals surface area contributed by atoms with E-state index in [0.29, 0.717) is 23.4 Å². The normalized spacial score (nSPS) is 16.4. The monoisotopic (exact) mass is 557 g/mol. The van der Waals surface area contributed by atoms with E-state index < -0.39 is 17.2 Å². The Morgan fingerprint density at radius 2 is 1.62 bits per heavy atom. The summed E-state index contributed by atoms with van der Waals surface area (Å²) in [7, 11) is 0. The fraction of sp³-hybridized carbons (Fsp3) is 0.346. The molecular formula is C26H30AgN2O5. The van der Waals surface area contributed by atoms with E-state index in [-0.39, 0.29) is 45.9 Å². The fourth-order valence-electron chi connectivity index (χ4n) is 3.65. The van der Waals surface area contributed by atoms with Gasteiger partial charge in [-0.1, -0.05) is 32.9 Å². The summed E-state index contributed by atoms with van der Waals surface area (Å²) in [4.78, 5) is 26.2. The van der Waals surface area contributed by atoms with E-state index in [0.717, 1.165) is 6.42 Å². The summed E-state index contributed by atoms with van der Waals surface area (Å²) in [5.74, 6) is -0.0159. The van der Waals surface area contributed by atoms with Gasteiger partial charge in [-0.05, 0) is 67.6 Å². The zero-order valence-electron chi connectivity index (χ0n) is 19.9. The van der Waals surface area contributed by atoms with Gasteiger partial charge in [0.25, 0.3) is 5.91 Å². The summed E-state index contributed by atoms with van der Waals surface area (Å²) in [6.45, 7) is 9.75. The number of Topliss-reactive ketones (excluding diaryl/α,β-unsaturated/α-hetero) is 1. The maximum Gasteiger partial charge on any atom is 0.266 e. The van der Waals surface area contributed by atoms with Gasteiger partial charge in [-0.25, -0.2) is 0 Å². The molecule has 3 rings (SSSR count). The van der Waals surface area contributed by atoms with Crippen molar-refractivity contribution in [2.75, 3.05) is 11.5 Å². The van der Waals surface area contributed by atoms with Crippen LogP contribution in [0.1, 0.15) is 46.6 Å². The second-order valence-electron chi connectivity index (χ2n) is 9.14. The third-order valence-corrected chi connectivity index (χ3v) is 6.15. The van der Waals surface area contributed by atoms with Crippen LogP contribution in [0.15, 0.2) is 60.4 Å². The third kappa shape index (κ3) is 5.43. The minimum atomic E-state index is -1.11. The van der Waals surface area contributed by atoms with Crippen LogP contribution in [0.4, 0.5) is 5.69 Å². The van der Waals surface area contributed by atoms with E-state index in [1.165, 1.54) is 10.5 Å². The number of aliphatic hydroxyl groups excluding tert-OH is 1. The fourth-order valence-corrected chi connectivity index (χ4v) is 3.65. The molecule has 0 aliphatic carbocycles. The van der Waals surface area contributed by atoms with Crippen molar-refractivity contribution in [1.82, 2.24) is 0 Å². The van der Waals surface area contributed by atoms with E-state index in [9.17, 15) is 14.7 Å². The van der Waals surface area contributed by atoms with E-state index in [4.69, 9.17) is 14.9 Å². The second kappa shape index (κ2) is 10.6. The Morgan fingerprint density at radius 3 is 2.12 bits per heavy atom. The van der Waals surface area contributed by atoms with Gasteiger partial charge in [-0.15, -0.1) is 0 Å². The van der Waals surface area contributed by atoms with Crippen LogP contribution < -0.4 is 14.4 Å². The topological polar surface area (TPSA) is 99.9 Å². The molecule has 2 aromatic rings. The Hall–Kier alpha value is -2.87. The largest absolute Gasteiger partial charge is 0.515 e. The summed E-state index contributed by atoms with van der Waals surface area (Å²) in [6, 6.07) is 14.3. The molecular weight excluding hydrogens is 528 g/mol. The molecule has 2 N–H and O–H groups in total. The molecule has 185 valence electrons. The van der Waals surface area contributed by atoms with Crippen molar-refractivity contribution in [2.45, 2.75) is 52.0 Å². The summed E-state index contributed by atoms with van der Waals surface area (Å²) < 4.78 is 11.2. The number of carbonyl (C=O) groups excluding carboxylic acids is 2. The molecule has 1 amide bonds. The molecule has 1 radical (unpaired) electrons. The molecule has 0 bridgehead atoms. The Kier molecular flexibility index (Phi) is 8.53. The van der Waals surface area contributed by atoms with Crippen LogP contribution in [-0.2, 0) is 37.4 Å². The molecule has 0 atom stereocenters. The Balaban J connectivity index is 0.00000408. The van der Waals surface area contributed by atoms with Crippen LogP contribution in [-0.4, -0.2) is 34.8 Å². The number of rotatable bonds is 7. The molecule has 1 aliphatic rings. The number of carbonyl (C=O) groups is 2. The van der Waals surface area contributed by atoms with Crippen molar-refractivity contribution in [3.8, 4) is 11.5 Å². The summed E-state index contributed by atoms with van der Waals surface area (Å²) >= 11 is 0. The van der Waals surface area contributed by atoms with E-state index in [1.807, 2.05) is 24.3 Å². The average Bonchev–Trinajstić information content (AvgIpc) is 2.96. The Bertz CT molecular complexity index is 1090. The van der Waals surface area contributed by atoms with Gasteiger partial charge < -0.3 is 14.6 Å². The summed E-state index contributed by atoms with van der Waals surface area (Å²) in [5.41, 5.74) is 0.451. The second-order valence-corrected chi connectivity index (χ2v) is 9.14. The van der Waals surface area contributed by atoms with Gasteiger partial charge in [-0.2, -0.15) is 0 Å².